The summed E-state index contributed by atoms with van der Waals surface area (Å²) in [5.41, 5.74) is 1.74. The van der Waals surface area contributed by atoms with Gasteiger partial charge in [0, 0.05) is 38.4 Å². The predicted octanol–water partition coefficient (Wildman–Crippen LogP) is 3.58. The number of hydrogen-bond acceptors (Lipinski definition) is 9. The summed E-state index contributed by atoms with van der Waals surface area (Å²) in [7, 11) is 0. The molecule has 0 spiro atoms. The fourth-order valence-corrected chi connectivity index (χ4v) is 4.79. The zero-order chi connectivity index (χ0) is 30.0. The molecule has 1 fully saturated rings. The Morgan fingerprint density at radius 2 is 1.74 bits per heavy atom. The van der Waals surface area contributed by atoms with E-state index in [9.17, 15) is 14.4 Å². The van der Waals surface area contributed by atoms with Gasteiger partial charge in [-0.1, -0.05) is 6.07 Å². The van der Waals surface area contributed by atoms with Gasteiger partial charge in [-0.25, -0.2) is 9.59 Å². The average Bonchev–Trinajstić information content (AvgIpc) is 3.72. The number of amides is 3. The van der Waals surface area contributed by atoms with Crippen LogP contribution >= 0.6 is 0 Å². The summed E-state index contributed by atoms with van der Waals surface area (Å²) in [5.74, 6) is 1.23. The molecule has 0 atom stereocenters. The number of rotatable bonds is 12. The van der Waals surface area contributed by atoms with Crippen LogP contribution in [0.2, 0.25) is 0 Å². The molecule has 43 heavy (non-hydrogen) atoms. The highest BCUT2D eigenvalue weighted by Gasteiger charge is 2.25. The summed E-state index contributed by atoms with van der Waals surface area (Å²) >= 11 is 0. The largest absolute Gasteiger partial charge is 0.467 e. The van der Waals surface area contributed by atoms with E-state index in [1.807, 2.05) is 24.3 Å². The second kappa shape index (κ2) is 14.6. The molecule has 1 saturated heterocycles. The van der Waals surface area contributed by atoms with Crippen molar-refractivity contribution in [3.63, 3.8) is 0 Å². The van der Waals surface area contributed by atoms with Crippen LogP contribution in [0.1, 0.15) is 28.6 Å². The van der Waals surface area contributed by atoms with Crippen LogP contribution in [0.4, 0.5) is 10.5 Å². The number of carbonyl (C=O) groups excluding carboxylic acids is 3. The van der Waals surface area contributed by atoms with Gasteiger partial charge in [0.15, 0.2) is 11.5 Å². The molecule has 1 aromatic heterocycles. The quantitative estimate of drug-likeness (QED) is 0.315. The Morgan fingerprint density at radius 3 is 2.49 bits per heavy atom. The Morgan fingerprint density at radius 1 is 0.953 bits per heavy atom. The second-order valence-electron chi connectivity index (χ2n) is 10.1. The van der Waals surface area contributed by atoms with E-state index in [1.165, 1.54) is 4.90 Å². The molecule has 3 aromatic rings. The Labute approximate surface area is 250 Å². The minimum atomic E-state index is -0.433. The molecule has 228 valence electrons. The maximum atomic E-state index is 13.8. The van der Waals surface area contributed by atoms with Crippen LogP contribution in [-0.4, -0.2) is 91.9 Å². The van der Waals surface area contributed by atoms with Crippen molar-refractivity contribution in [1.29, 1.82) is 0 Å². The van der Waals surface area contributed by atoms with E-state index in [0.29, 0.717) is 54.8 Å². The monoisotopic (exact) mass is 592 g/mol. The van der Waals surface area contributed by atoms with Crippen LogP contribution in [0, 0.1) is 0 Å². The summed E-state index contributed by atoms with van der Waals surface area (Å²) in [6.45, 7) is 6.23. The first-order chi connectivity index (χ1) is 21.0. The minimum Gasteiger partial charge on any atom is -0.467 e. The lowest BCUT2D eigenvalue weighted by Crippen LogP contribution is -2.48. The number of urea groups is 1. The highest BCUT2D eigenvalue weighted by molar-refractivity contribution is 5.94. The van der Waals surface area contributed by atoms with E-state index in [0.717, 1.165) is 18.7 Å². The molecule has 2 aliphatic heterocycles. The van der Waals surface area contributed by atoms with Gasteiger partial charge in [-0.15, -0.1) is 0 Å². The van der Waals surface area contributed by atoms with E-state index >= 15 is 0 Å². The predicted molar refractivity (Wildman–Crippen MR) is 156 cm³/mol. The number of furan rings is 1. The number of morpholine rings is 1. The normalized spacial score (nSPS) is 14.3. The van der Waals surface area contributed by atoms with Crippen LogP contribution in [0.15, 0.2) is 65.3 Å². The van der Waals surface area contributed by atoms with Crippen molar-refractivity contribution in [1.82, 2.24) is 14.7 Å². The van der Waals surface area contributed by atoms with Gasteiger partial charge >= 0.3 is 12.0 Å². The number of fused-ring (bicyclic) bond motifs is 1. The molecule has 12 heteroatoms. The van der Waals surface area contributed by atoms with Crippen molar-refractivity contribution in [2.45, 2.75) is 20.0 Å². The average molecular weight is 593 g/mol. The molecular weight excluding hydrogens is 556 g/mol. The van der Waals surface area contributed by atoms with Crippen LogP contribution in [0.3, 0.4) is 0 Å². The topological polar surface area (TPSA) is 123 Å². The SMILES string of the molecule is CCOC(=O)c1ccc(NC(=O)N(CCN2CCOCC2)CC(=O)N(Cc2ccc3c(c2)OCO3)Cc2ccco2)cc1. The van der Waals surface area contributed by atoms with Gasteiger partial charge in [-0.2, -0.15) is 0 Å². The van der Waals surface area contributed by atoms with Gasteiger partial charge in [0.05, 0.1) is 38.2 Å². The zero-order valence-corrected chi connectivity index (χ0v) is 24.2. The van der Waals surface area contributed by atoms with Crippen LogP contribution < -0.4 is 14.8 Å². The number of esters is 1. The molecule has 0 bridgehead atoms. The molecule has 5 rings (SSSR count). The maximum Gasteiger partial charge on any atom is 0.338 e. The van der Waals surface area contributed by atoms with Crippen LogP contribution in [-0.2, 0) is 27.4 Å². The van der Waals surface area contributed by atoms with E-state index in [2.05, 4.69) is 10.2 Å². The smallest absolute Gasteiger partial charge is 0.338 e. The fourth-order valence-electron chi connectivity index (χ4n) is 4.79. The summed E-state index contributed by atoms with van der Waals surface area (Å²) < 4.78 is 27.0. The van der Waals surface area contributed by atoms with E-state index in [4.69, 9.17) is 23.4 Å². The van der Waals surface area contributed by atoms with Gasteiger partial charge in [0.25, 0.3) is 0 Å². The van der Waals surface area contributed by atoms with Crippen molar-refractivity contribution < 1.29 is 37.7 Å². The van der Waals surface area contributed by atoms with Crippen molar-refractivity contribution in [2.75, 3.05) is 64.7 Å². The summed E-state index contributed by atoms with van der Waals surface area (Å²) in [6, 6.07) is 15.2. The summed E-state index contributed by atoms with van der Waals surface area (Å²) in [5, 5.41) is 2.87. The first kappa shape index (κ1) is 29.9. The van der Waals surface area contributed by atoms with Gasteiger partial charge in [-0.3, -0.25) is 9.69 Å². The first-order valence-electron chi connectivity index (χ1n) is 14.3. The molecule has 0 aliphatic carbocycles. The summed E-state index contributed by atoms with van der Waals surface area (Å²) in [4.78, 5) is 44.7. The number of nitrogens with zero attached hydrogens (tertiary/aromatic N) is 3. The van der Waals surface area contributed by atoms with Crippen molar-refractivity contribution >= 4 is 23.6 Å². The Hall–Kier alpha value is -4.55. The number of ether oxygens (including phenoxy) is 4. The highest BCUT2D eigenvalue weighted by Crippen LogP contribution is 2.33. The molecule has 0 unspecified atom stereocenters. The van der Waals surface area contributed by atoms with Gasteiger partial charge < -0.3 is 38.5 Å². The number of nitrogens with one attached hydrogen (secondary N) is 1. The van der Waals surface area contributed by atoms with Crippen LogP contribution in [0.5, 0.6) is 11.5 Å². The van der Waals surface area contributed by atoms with Crippen LogP contribution in [0.25, 0.3) is 0 Å². The van der Waals surface area contributed by atoms with E-state index in [1.54, 1.807) is 48.4 Å². The third-order valence-corrected chi connectivity index (χ3v) is 7.14. The fraction of sp³-hybridized carbons (Fsp3) is 0.387. The molecular formula is C31H36N4O8. The highest BCUT2D eigenvalue weighted by atomic mass is 16.7. The molecule has 2 aromatic carbocycles. The van der Waals surface area contributed by atoms with Gasteiger partial charge in [-0.05, 0) is 61.0 Å². The molecule has 0 radical (unpaired) electrons. The van der Waals surface area contributed by atoms with E-state index < -0.39 is 12.0 Å². The third-order valence-electron chi connectivity index (χ3n) is 7.14. The Kier molecular flexibility index (Phi) is 10.1. The molecule has 2 aliphatic rings. The standard InChI is InChI=1S/C31H36N4O8/c1-2-40-30(37)24-6-8-25(9-7-24)32-31(38)34(12-11-33-13-16-39-17-14-33)21-29(36)35(20-26-4-3-15-41-26)19-23-5-10-27-28(18-23)43-22-42-27/h3-10,15,18H,2,11-14,16-17,19-22H2,1H3,(H,32,38). The molecule has 1 N–H and O–H groups in total. The van der Waals surface area contributed by atoms with Gasteiger partial charge in [0.2, 0.25) is 12.7 Å². The Balaban J connectivity index is 1.30. The lowest BCUT2D eigenvalue weighted by molar-refractivity contribution is -0.133. The van der Waals surface area contributed by atoms with Crippen molar-refractivity contribution in [2.24, 2.45) is 0 Å². The van der Waals surface area contributed by atoms with Crippen molar-refractivity contribution in [3.05, 3.63) is 77.7 Å². The number of carbonyl (C=O) groups is 3. The first-order valence-corrected chi connectivity index (χ1v) is 14.3. The zero-order valence-electron chi connectivity index (χ0n) is 24.2. The number of benzene rings is 2. The van der Waals surface area contributed by atoms with E-state index in [-0.39, 0.29) is 38.9 Å². The molecule has 3 amide bonds. The minimum absolute atomic E-state index is 0.150. The number of hydrogen-bond donors (Lipinski definition) is 1. The maximum absolute atomic E-state index is 13.8. The second-order valence-corrected chi connectivity index (χ2v) is 10.1. The lowest BCUT2D eigenvalue weighted by atomic mass is 10.2. The molecule has 3 heterocycles. The summed E-state index contributed by atoms with van der Waals surface area (Å²) in [6.07, 6.45) is 1.56. The third kappa shape index (κ3) is 8.27. The number of anilines is 1. The Bertz CT molecular complexity index is 1370. The van der Waals surface area contributed by atoms with Gasteiger partial charge in [0.1, 0.15) is 12.3 Å². The molecule has 12 nitrogen and oxygen atoms in total. The lowest BCUT2D eigenvalue weighted by Gasteiger charge is -2.31. The van der Waals surface area contributed by atoms with Crippen molar-refractivity contribution in [3.8, 4) is 11.5 Å². The molecule has 0 saturated carbocycles.